The highest BCUT2D eigenvalue weighted by molar-refractivity contribution is 5.74. The lowest BCUT2D eigenvalue weighted by atomic mass is 10.1. The Morgan fingerprint density at radius 2 is 2.31 bits per heavy atom. The van der Waals surface area contributed by atoms with E-state index in [1.807, 2.05) is 31.2 Å². The average Bonchev–Trinajstić information content (AvgIpc) is 2.14. The number of hydrogen-bond donors (Lipinski definition) is 2. The van der Waals surface area contributed by atoms with E-state index in [0.717, 1.165) is 5.56 Å². The minimum Gasteiger partial charge on any atom is -0.289 e. The van der Waals surface area contributed by atoms with Crippen LogP contribution in [0.15, 0.2) is 24.3 Å². The van der Waals surface area contributed by atoms with Crippen molar-refractivity contribution in [1.82, 2.24) is 5.48 Å². The molecular weight excluding hydrogens is 166 g/mol. The van der Waals surface area contributed by atoms with Crippen LogP contribution in [0.25, 0.3) is 0 Å². The Labute approximate surface area is 77.4 Å². The monoisotopic (exact) mass is 179 g/mol. The lowest BCUT2D eigenvalue weighted by Gasteiger charge is -2.00. The Balaban J connectivity index is 2.50. The Kier molecular flexibility index (Phi) is 3.46. The van der Waals surface area contributed by atoms with E-state index in [0.29, 0.717) is 12.8 Å². The minimum atomic E-state index is -0.346. The second-order valence-electron chi connectivity index (χ2n) is 3.02. The second-order valence-corrected chi connectivity index (χ2v) is 3.02. The zero-order valence-corrected chi connectivity index (χ0v) is 7.58. The Hall–Kier alpha value is -1.35. The van der Waals surface area contributed by atoms with E-state index < -0.39 is 0 Å². The van der Waals surface area contributed by atoms with Crippen molar-refractivity contribution < 1.29 is 10.0 Å². The maximum absolute atomic E-state index is 10.7. The summed E-state index contributed by atoms with van der Waals surface area (Å²) in [5, 5.41) is 8.27. The predicted molar refractivity (Wildman–Crippen MR) is 49.4 cm³/mol. The van der Waals surface area contributed by atoms with Gasteiger partial charge < -0.3 is 0 Å². The van der Waals surface area contributed by atoms with Gasteiger partial charge in [-0.05, 0) is 18.9 Å². The van der Waals surface area contributed by atoms with E-state index in [1.165, 1.54) is 5.56 Å². The van der Waals surface area contributed by atoms with E-state index in [9.17, 15) is 4.79 Å². The van der Waals surface area contributed by atoms with Gasteiger partial charge in [-0.1, -0.05) is 29.8 Å². The normalized spacial score (nSPS) is 9.69. The van der Waals surface area contributed by atoms with Crippen molar-refractivity contribution in [2.24, 2.45) is 0 Å². The number of amides is 1. The zero-order chi connectivity index (χ0) is 9.68. The number of carbonyl (C=O) groups excluding carboxylic acids is 1. The third-order valence-corrected chi connectivity index (χ3v) is 1.85. The van der Waals surface area contributed by atoms with Crippen molar-refractivity contribution >= 4 is 5.91 Å². The highest BCUT2D eigenvalue weighted by Gasteiger charge is 1.99. The Morgan fingerprint density at radius 3 is 2.92 bits per heavy atom. The average molecular weight is 179 g/mol. The van der Waals surface area contributed by atoms with E-state index in [2.05, 4.69) is 0 Å². The quantitative estimate of drug-likeness (QED) is 0.544. The first-order valence-electron chi connectivity index (χ1n) is 4.21. The zero-order valence-electron chi connectivity index (χ0n) is 7.58. The topological polar surface area (TPSA) is 49.3 Å². The van der Waals surface area contributed by atoms with Crippen LogP contribution in [0.3, 0.4) is 0 Å². The molecule has 3 nitrogen and oxygen atoms in total. The van der Waals surface area contributed by atoms with Gasteiger partial charge in [-0.3, -0.25) is 10.0 Å². The van der Waals surface area contributed by atoms with Crippen molar-refractivity contribution in [3.63, 3.8) is 0 Å². The molecule has 1 aromatic rings. The summed E-state index contributed by atoms with van der Waals surface area (Å²) in [6.07, 6.45) is 0.980. The molecule has 0 bridgehead atoms. The van der Waals surface area contributed by atoms with E-state index >= 15 is 0 Å². The third kappa shape index (κ3) is 3.25. The van der Waals surface area contributed by atoms with Crippen molar-refractivity contribution in [3.8, 4) is 0 Å². The molecule has 0 aliphatic heterocycles. The summed E-state index contributed by atoms with van der Waals surface area (Å²) in [5.74, 6) is -0.346. The maximum atomic E-state index is 10.7. The maximum Gasteiger partial charge on any atom is 0.243 e. The van der Waals surface area contributed by atoms with Gasteiger partial charge in [-0.15, -0.1) is 0 Å². The van der Waals surface area contributed by atoms with Gasteiger partial charge in [0, 0.05) is 6.42 Å². The molecule has 0 unspecified atom stereocenters. The molecule has 0 aromatic heterocycles. The molecule has 0 aliphatic rings. The number of hydroxylamine groups is 1. The standard InChI is InChI=1S/C10H13NO2/c1-8-3-2-4-9(7-8)5-6-10(12)11-13/h2-4,7,13H,5-6H2,1H3,(H,11,12). The predicted octanol–water partition coefficient (Wildman–Crippen LogP) is 1.43. The van der Waals surface area contributed by atoms with Gasteiger partial charge in [0.25, 0.3) is 0 Å². The molecule has 3 heteroatoms. The highest BCUT2D eigenvalue weighted by atomic mass is 16.5. The first-order chi connectivity index (χ1) is 6.22. The summed E-state index contributed by atoms with van der Waals surface area (Å²) in [6.45, 7) is 2.01. The van der Waals surface area contributed by atoms with Crippen LogP contribution in [0.2, 0.25) is 0 Å². The molecule has 0 aliphatic carbocycles. The fourth-order valence-electron chi connectivity index (χ4n) is 1.18. The SMILES string of the molecule is Cc1cccc(CCC(=O)NO)c1. The Morgan fingerprint density at radius 1 is 1.54 bits per heavy atom. The lowest BCUT2D eigenvalue weighted by molar-refractivity contribution is -0.129. The van der Waals surface area contributed by atoms with Crippen LogP contribution < -0.4 is 5.48 Å². The number of rotatable bonds is 3. The minimum absolute atomic E-state index is 0.319. The first-order valence-corrected chi connectivity index (χ1v) is 4.21. The summed E-state index contributed by atoms with van der Waals surface area (Å²) in [5.41, 5.74) is 3.91. The number of carbonyl (C=O) groups is 1. The second kappa shape index (κ2) is 4.62. The van der Waals surface area contributed by atoms with Crippen molar-refractivity contribution in [2.75, 3.05) is 0 Å². The van der Waals surface area contributed by atoms with Crippen LogP contribution in [-0.4, -0.2) is 11.1 Å². The van der Waals surface area contributed by atoms with Gasteiger partial charge in [0.05, 0.1) is 0 Å². The third-order valence-electron chi connectivity index (χ3n) is 1.85. The first kappa shape index (κ1) is 9.74. The molecule has 1 amide bonds. The van der Waals surface area contributed by atoms with Crippen molar-refractivity contribution in [1.29, 1.82) is 0 Å². The summed E-state index contributed by atoms with van der Waals surface area (Å²) in [7, 11) is 0. The number of benzene rings is 1. The van der Waals surface area contributed by atoms with Crippen molar-refractivity contribution in [2.45, 2.75) is 19.8 Å². The number of nitrogens with one attached hydrogen (secondary N) is 1. The molecule has 13 heavy (non-hydrogen) atoms. The summed E-state index contributed by atoms with van der Waals surface area (Å²) < 4.78 is 0. The van der Waals surface area contributed by atoms with Crippen molar-refractivity contribution in [3.05, 3.63) is 35.4 Å². The van der Waals surface area contributed by atoms with Gasteiger partial charge in [0.2, 0.25) is 5.91 Å². The van der Waals surface area contributed by atoms with Crippen LogP contribution in [0, 0.1) is 6.92 Å². The number of hydrogen-bond acceptors (Lipinski definition) is 2. The fourth-order valence-corrected chi connectivity index (χ4v) is 1.18. The van der Waals surface area contributed by atoms with Gasteiger partial charge in [-0.2, -0.15) is 0 Å². The van der Waals surface area contributed by atoms with Gasteiger partial charge in [0.1, 0.15) is 0 Å². The highest BCUT2D eigenvalue weighted by Crippen LogP contribution is 2.06. The Bertz CT molecular complexity index is 297. The van der Waals surface area contributed by atoms with Gasteiger partial charge in [0.15, 0.2) is 0 Å². The van der Waals surface area contributed by atoms with Crippen LogP contribution in [0.1, 0.15) is 17.5 Å². The van der Waals surface area contributed by atoms with Crippen LogP contribution >= 0.6 is 0 Å². The molecule has 1 aromatic carbocycles. The molecule has 70 valence electrons. The smallest absolute Gasteiger partial charge is 0.243 e. The fraction of sp³-hybridized carbons (Fsp3) is 0.300. The largest absolute Gasteiger partial charge is 0.289 e. The molecule has 1 rings (SSSR count). The molecule has 0 radical (unpaired) electrons. The van der Waals surface area contributed by atoms with E-state index in [-0.39, 0.29) is 5.91 Å². The molecule has 0 fully saturated rings. The molecular formula is C10H13NO2. The molecule has 0 saturated carbocycles. The summed E-state index contributed by atoms with van der Waals surface area (Å²) in [6, 6.07) is 7.97. The molecule has 0 spiro atoms. The van der Waals surface area contributed by atoms with E-state index in [1.54, 1.807) is 5.48 Å². The summed E-state index contributed by atoms with van der Waals surface area (Å²) in [4.78, 5) is 10.7. The number of aryl methyl sites for hydroxylation is 2. The molecule has 0 saturated heterocycles. The van der Waals surface area contributed by atoms with Crippen LogP contribution in [0.5, 0.6) is 0 Å². The van der Waals surface area contributed by atoms with Crippen LogP contribution in [0.4, 0.5) is 0 Å². The lowest BCUT2D eigenvalue weighted by Crippen LogP contribution is -2.18. The molecule has 0 heterocycles. The van der Waals surface area contributed by atoms with E-state index in [4.69, 9.17) is 5.21 Å². The van der Waals surface area contributed by atoms with Gasteiger partial charge >= 0.3 is 0 Å². The molecule has 2 N–H and O–H groups in total. The molecule has 0 atom stereocenters. The van der Waals surface area contributed by atoms with Gasteiger partial charge in [-0.25, -0.2) is 5.48 Å². The van der Waals surface area contributed by atoms with Crippen LogP contribution in [-0.2, 0) is 11.2 Å². The summed E-state index contributed by atoms with van der Waals surface area (Å²) >= 11 is 0.